The van der Waals surface area contributed by atoms with Crippen LogP contribution in [0.25, 0.3) is 16.9 Å². The molecule has 26 heavy (non-hydrogen) atoms. The van der Waals surface area contributed by atoms with Crippen molar-refractivity contribution in [3.63, 3.8) is 0 Å². The van der Waals surface area contributed by atoms with E-state index in [1.807, 2.05) is 0 Å². The summed E-state index contributed by atoms with van der Waals surface area (Å²) in [5, 5.41) is 14.7. The Morgan fingerprint density at radius 2 is 1.65 bits per heavy atom. The lowest BCUT2D eigenvalue weighted by molar-refractivity contribution is 0.0599. The van der Waals surface area contributed by atoms with Gasteiger partial charge in [-0.25, -0.2) is 14.3 Å². The molecule has 2 aromatic carbocycles. The minimum atomic E-state index is -1.14. The number of esters is 1. The Bertz CT molecular complexity index is 977. The Hall–Kier alpha value is -2.83. The fourth-order valence-corrected chi connectivity index (χ4v) is 2.96. The number of carbonyl (C=O) groups excluding carboxylic acids is 1. The number of carboxylic acids is 1. The molecule has 0 unspecified atom stereocenters. The molecular formula is C18H12Cl2N2O4. The number of ether oxygens (including phenoxy) is 1. The third-order valence-corrected chi connectivity index (χ3v) is 4.06. The van der Waals surface area contributed by atoms with Gasteiger partial charge in [-0.15, -0.1) is 0 Å². The standard InChI is InChI=1S/C18H12Cl2N2O4/c1-26-18(25)10-2-4-14(5-3-10)22-16(17(23)24)9-15(21-22)11-6-12(19)8-13(20)7-11/h2-9H,1H3,(H,23,24). The van der Waals surface area contributed by atoms with Gasteiger partial charge in [-0.1, -0.05) is 23.2 Å². The molecule has 0 radical (unpaired) electrons. The number of aromatic nitrogens is 2. The maximum Gasteiger partial charge on any atom is 0.354 e. The number of aromatic carboxylic acids is 1. The second-order valence-corrected chi connectivity index (χ2v) is 6.20. The number of methoxy groups -OCH3 is 1. The summed E-state index contributed by atoms with van der Waals surface area (Å²) in [6.45, 7) is 0. The maximum atomic E-state index is 11.6. The molecule has 6 nitrogen and oxygen atoms in total. The lowest BCUT2D eigenvalue weighted by atomic mass is 10.1. The molecule has 0 aliphatic carbocycles. The summed E-state index contributed by atoms with van der Waals surface area (Å²) in [5.41, 5.74) is 1.79. The summed E-state index contributed by atoms with van der Waals surface area (Å²) in [7, 11) is 1.29. The zero-order valence-electron chi connectivity index (χ0n) is 13.4. The summed E-state index contributed by atoms with van der Waals surface area (Å²) in [5.74, 6) is -1.63. The zero-order valence-corrected chi connectivity index (χ0v) is 15.0. The van der Waals surface area contributed by atoms with Gasteiger partial charge in [0.25, 0.3) is 0 Å². The van der Waals surface area contributed by atoms with Gasteiger partial charge in [0.05, 0.1) is 24.1 Å². The predicted molar refractivity (Wildman–Crippen MR) is 97.3 cm³/mol. The third kappa shape index (κ3) is 3.56. The van der Waals surface area contributed by atoms with Gasteiger partial charge in [0.15, 0.2) is 5.69 Å². The van der Waals surface area contributed by atoms with Crippen molar-refractivity contribution >= 4 is 35.1 Å². The first-order chi connectivity index (χ1) is 12.4. The monoisotopic (exact) mass is 390 g/mol. The van der Waals surface area contributed by atoms with Gasteiger partial charge in [-0.05, 0) is 48.5 Å². The number of benzene rings is 2. The minimum Gasteiger partial charge on any atom is -0.477 e. The van der Waals surface area contributed by atoms with E-state index < -0.39 is 11.9 Å². The summed E-state index contributed by atoms with van der Waals surface area (Å²) in [4.78, 5) is 23.1. The number of nitrogens with zero attached hydrogens (tertiary/aromatic N) is 2. The molecule has 3 rings (SSSR count). The molecule has 1 aromatic heterocycles. The number of rotatable bonds is 4. The first-order valence-electron chi connectivity index (χ1n) is 7.37. The molecule has 8 heteroatoms. The highest BCUT2D eigenvalue weighted by molar-refractivity contribution is 6.35. The van der Waals surface area contributed by atoms with Gasteiger partial charge in [0, 0.05) is 15.6 Å². The average molecular weight is 391 g/mol. The van der Waals surface area contributed by atoms with E-state index in [0.717, 1.165) is 0 Å². The van der Waals surface area contributed by atoms with Crippen LogP contribution in [0, 0.1) is 0 Å². The molecule has 0 fully saturated rings. The molecule has 0 bridgehead atoms. The van der Waals surface area contributed by atoms with E-state index in [-0.39, 0.29) is 5.69 Å². The number of carboxylic acid groups (broad SMARTS) is 1. The van der Waals surface area contributed by atoms with Gasteiger partial charge in [0.1, 0.15) is 0 Å². The van der Waals surface area contributed by atoms with E-state index in [2.05, 4.69) is 9.84 Å². The molecule has 0 saturated heterocycles. The van der Waals surface area contributed by atoms with Crippen molar-refractivity contribution in [3.05, 3.63) is 69.8 Å². The summed E-state index contributed by atoms with van der Waals surface area (Å²) in [6, 6.07) is 12.5. The highest BCUT2D eigenvalue weighted by atomic mass is 35.5. The first-order valence-corrected chi connectivity index (χ1v) is 8.13. The summed E-state index contributed by atoms with van der Waals surface area (Å²) in [6.07, 6.45) is 0. The van der Waals surface area contributed by atoms with Crippen molar-refractivity contribution in [1.82, 2.24) is 9.78 Å². The van der Waals surface area contributed by atoms with Crippen LogP contribution in [-0.4, -0.2) is 33.9 Å². The topological polar surface area (TPSA) is 81.4 Å². The largest absolute Gasteiger partial charge is 0.477 e. The van der Waals surface area contributed by atoms with Crippen molar-refractivity contribution in [1.29, 1.82) is 0 Å². The van der Waals surface area contributed by atoms with Crippen LogP contribution in [0.3, 0.4) is 0 Å². The Morgan fingerprint density at radius 3 is 2.19 bits per heavy atom. The molecule has 3 aromatic rings. The summed E-state index contributed by atoms with van der Waals surface area (Å²) < 4.78 is 5.92. The molecule has 0 amide bonds. The molecule has 0 aliphatic heterocycles. The van der Waals surface area contributed by atoms with Crippen LogP contribution in [0.4, 0.5) is 0 Å². The fourth-order valence-electron chi connectivity index (χ4n) is 2.43. The lowest BCUT2D eigenvalue weighted by Gasteiger charge is -2.05. The Labute approximate surface area is 158 Å². The van der Waals surface area contributed by atoms with Crippen molar-refractivity contribution in [2.75, 3.05) is 7.11 Å². The third-order valence-electron chi connectivity index (χ3n) is 3.62. The molecule has 0 spiro atoms. The van der Waals surface area contributed by atoms with E-state index >= 15 is 0 Å². The van der Waals surface area contributed by atoms with Gasteiger partial charge >= 0.3 is 11.9 Å². The molecule has 0 aliphatic rings. The van der Waals surface area contributed by atoms with E-state index in [1.54, 1.807) is 30.3 Å². The van der Waals surface area contributed by atoms with E-state index in [9.17, 15) is 14.7 Å². The second-order valence-electron chi connectivity index (χ2n) is 5.33. The number of hydrogen-bond acceptors (Lipinski definition) is 4. The molecule has 0 saturated carbocycles. The van der Waals surface area contributed by atoms with Crippen LogP contribution in [0.15, 0.2) is 48.5 Å². The molecular weight excluding hydrogens is 379 g/mol. The molecule has 1 heterocycles. The van der Waals surface area contributed by atoms with E-state index in [1.165, 1.54) is 30.0 Å². The quantitative estimate of drug-likeness (QED) is 0.670. The average Bonchev–Trinajstić information content (AvgIpc) is 3.06. The zero-order chi connectivity index (χ0) is 18.8. The number of carbonyl (C=O) groups is 2. The van der Waals surface area contributed by atoms with Crippen LogP contribution >= 0.6 is 23.2 Å². The van der Waals surface area contributed by atoms with Gasteiger partial charge in [-0.3, -0.25) is 0 Å². The highest BCUT2D eigenvalue weighted by Crippen LogP contribution is 2.28. The van der Waals surface area contributed by atoms with E-state index in [0.29, 0.717) is 32.6 Å². The Morgan fingerprint density at radius 1 is 1.04 bits per heavy atom. The van der Waals surface area contributed by atoms with Crippen LogP contribution in [0.2, 0.25) is 10.0 Å². The molecule has 132 valence electrons. The number of hydrogen-bond donors (Lipinski definition) is 1. The SMILES string of the molecule is COC(=O)c1ccc(-n2nc(-c3cc(Cl)cc(Cl)c3)cc2C(=O)O)cc1. The smallest absolute Gasteiger partial charge is 0.354 e. The van der Waals surface area contributed by atoms with Crippen molar-refractivity contribution in [3.8, 4) is 16.9 Å². The Balaban J connectivity index is 2.08. The van der Waals surface area contributed by atoms with Crippen LogP contribution in [0.5, 0.6) is 0 Å². The van der Waals surface area contributed by atoms with Crippen molar-refractivity contribution < 1.29 is 19.4 Å². The fraction of sp³-hybridized carbons (Fsp3) is 0.0556. The maximum absolute atomic E-state index is 11.6. The van der Waals surface area contributed by atoms with Crippen LogP contribution in [0.1, 0.15) is 20.8 Å². The Kier molecular flexibility index (Phi) is 4.97. The van der Waals surface area contributed by atoms with Gasteiger partial charge < -0.3 is 9.84 Å². The summed E-state index contributed by atoms with van der Waals surface area (Å²) >= 11 is 12.0. The predicted octanol–water partition coefficient (Wildman–Crippen LogP) is 4.33. The highest BCUT2D eigenvalue weighted by Gasteiger charge is 2.18. The van der Waals surface area contributed by atoms with Crippen molar-refractivity contribution in [2.24, 2.45) is 0 Å². The molecule has 1 N–H and O–H groups in total. The second kappa shape index (κ2) is 7.19. The first kappa shape index (κ1) is 18.0. The normalized spacial score (nSPS) is 10.6. The van der Waals surface area contributed by atoms with Crippen LogP contribution in [-0.2, 0) is 4.74 Å². The van der Waals surface area contributed by atoms with Gasteiger partial charge in [-0.2, -0.15) is 5.10 Å². The van der Waals surface area contributed by atoms with Gasteiger partial charge in [0.2, 0.25) is 0 Å². The molecule has 0 atom stereocenters. The van der Waals surface area contributed by atoms with Crippen LogP contribution < -0.4 is 0 Å². The lowest BCUT2D eigenvalue weighted by Crippen LogP contribution is -2.08. The minimum absolute atomic E-state index is 0.0399. The van der Waals surface area contributed by atoms with E-state index in [4.69, 9.17) is 23.2 Å². The van der Waals surface area contributed by atoms with Crippen molar-refractivity contribution in [2.45, 2.75) is 0 Å². The number of halogens is 2.